The van der Waals surface area contributed by atoms with Gasteiger partial charge >= 0.3 is 0 Å². The fourth-order valence-electron chi connectivity index (χ4n) is 1.82. The van der Waals surface area contributed by atoms with Crippen molar-refractivity contribution in [1.82, 2.24) is 0 Å². The van der Waals surface area contributed by atoms with Crippen molar-refractivity contribution in [2.24, 2.45) is 0 Å². The van der Waals surface area contributed by atoms with Crippen molar-refractivity contribution >= 4 is 15.7 Å². The number of unbranched alkanes of at least 4 members (excludes halogenated alkanes) is 1. The Hall–Kier alpha value is -1.23. The maximum Gasteiger partial charge on any atom is 0.232 e. The summed E-state index contributed by atoms with van der Waals surface area (Å²) < 4.78 is 31.4. The van der Waals surface area contributed by atoms with Crippen LogP contribution >= 0.6 is 0 Å². The molecule has 1 aromatic rings. The maximum absolute atomic E-state index is 11.7. The minimum atomic E-state index is -3.21. The summed E-state index contributed by atoms with van der Waals surface area (Å²) in [5.41, 5.74) is 1.70. The lowest BCUT2D eigenvalue weighted by atomic mass is 10.1. The molecule has 17 heavy (non-hydrogen) atoms. The van der Waals surface area contributed by atoms with Gasteiger partial charge in [0.25, 0.3) is 0 Å². The highest BCUT2D eigenvalue weighted by Crippen LogP contribution is 2.28. The zero-order valence-corrected chi connectivity index (χ0v) is 10.7. The van der Waals surface area contributed by atoms with E-state index in [1.807, 2.05) is 19.1 Å². The first-order chi connectivity index (χ1) is 8.11. The zero-order chi connectivity index (χ0) is 12.3. The number of hydrogen-bond donors (Lipinski definition) is 1. The van der Waals surface area contributed by atoms with E-state index in [0.717, 1.165) is 24.2 Å². The summed E-state index contributed by atoms with van der Waals surface area (Å²) in [6.45, 7) is 2.66. The number of rotatable bonds is 5. The van der Waals surface area contributed by atoms with Crippen LogP contribution in [0.3, 0.4) is 0 Å². The van der Waals surface area contributed by atoms with Gasteiger partial charge in [0, 0.05) is 12.1 Å². The standard InChI is InChI=1S/C12H17NO3S/c1-2-3-8-17(14,15)13-11-4-5-12-10(9-11)6-7-16-12/h4-5,9,13H,2-3,6-8H2,1H3. The van der Waals surface area contributed by atoms with Crippen molar-refractivity contribution in [2.45, 2.75) is 26.2 Å². The molecule has 5 heteroatoms. The molecule has 0 saturated carbocycles. The highest BCUT2D eigenvalue weighted by atomic mass is 32.2. The van der Waals surface area contributed by atoms with E-state index in [0.29, 0.717) is 18.7 Å². The SMILES string of the molecule is CCCCS(=O)(=O)Nc1ccc2c(c1)CCO2. The lowest BCUT2D eigenvalue weighted by Crippen LogP contribution is -2.16. The van der Waals surface area contributed by atoms with E-state index in [1.165, 1.54) is 0 Å². The highest BCUT2D eigenvalue weighted by Gasteiger charge is 2.14. The molecule has 1 N–H and O–H groups in total. The van der Waals surface area contributed by atoms with Gasteiger partial charge in [-0.3, -0.25) is 4.72 Å². The van der Waals surface area contributed by atoms with Crippen LogP contribution in [0.1, 0.15) is 25.3 Å². The fraction of sp³-hybridized carbons (Fsp3) is 0.500. The summed E-state index contributed by atoms with van der Waals surface area (Å²) in [5, 5.41) is 0. The van der Waals surface area contributed by atoms with Crippen molar-refractivity contribution in [3.63, 3.8) is 0 Å². The van der Waals surface area contributed by atoms with E-state index >= 15 is 0 Å². The van der Waals surface area contributed by atoms with Gasteiger partial charge in [0.15, 0.2) is 0 Å². The second-order valence-electron chi connectivity index (χ2n) is 4.20. The number of hydrogen-bond acceptors (Lipinski definition) is 3. The van der Waals surface area contributed by atoms with E-state index in [2.05, 4.69) is 4.72 Å². The molecule has 0 saturated heterocycles. The van der Waals surface area contributed by atoms with E-state index < -0.39 is 10.0 Å². The molecule has 0 aliphatic carbocycles. The van der Waals surface area contributed by atoms with E-state index in [1.54, 1.807) is 6.07 Å². The third-order valence-electron chi connectivity index (χ3n) is 2.73. The van der Waals surface area contributed by atoms with Gasteiger partial charge in [0.2, 0.25) is 10.0 Å². The Balaban J connectivity index is 2.09. The number of sulfonamides is 1. The van der Waals surface area contributed by atoms with Crippen molar-refractivity contribution in [3.05, 3.63) is 23.8 Å². The summed E-state index contributed by atoms with van der Waals surface area (Å²) in [7, 11) is -3.21. The molecule has 1 aliphatic rings. The second-order valence-corrected chi connectivity index (χ2v) is 6.04. The van der Waals surface area contributed by atoms with Crippen LogP contribution in [0.15, 0.2) is 18.2 Å². The monoisotopic (exact) mass is 255 g/mol. The Morgan fingerprint density at radius 1 is 1.41 bits per heavy atom. The minimum Gasteiger partial charge on any atom is -0.493 e. The first-order valence-corrected chi connectivity index (χ1v) is 7.52. The molecule has 0 fully saturated rings. The Labute approximate surface area is 102 Å². The highest BCUT2D eigenvalue weighted by molar-refractivity contribution is 7.92. The van der Waals surface area contributed by atoms with Crippen LogP contribution < -0.4 is 9.46 Å². The molecule has 4 nitrogen and oxygen atoms in total. The van der Waals surface area contributed by atoms with Crippen LogP contribution in [0.4, 0.5) is 5.69 Å². The molecule has 0 bridgehead atoms. The Morgan fingerprint density at radius 3 is 3.00 bits per heavy atom. The second kappa shape index (κ2) is 4.96. The molecule has 0 radical (unpaired) electrons. The average molecular weight is 255 g/mol. The predicted octanol–water partition coefficient (Wildman–Crippen LogP) is 2.16. The normalized spacial score (nSPS) is 14.2. The summed E-state index contributed by atoms with van der Waals surface area (Å²) in [4.78, 5) is 0. The molecule has 94 valence electrons. The lowest BCUT2D eigenvalue weighted by Gasteiger charge is -2.08. The smallest absolute Gasteiger partial charge is 0.232 e. The van der Waals surface area contributed by atoms with E-state index in [-0.39, 0.29) is 5.75 Å². The number of anilines is 1. The average Bonchev–Trinajstić information content (AvgIpc) is 2.73. The first kappa shape index (κ1) is 12.2. The topological polar surface area (TPSA) is 55.4 Å². The maximum atomic E-state index is 11.7. The molecule has 1 heterocycles. The van der Waals surface area contributed by atoms with Crippen molar-refractivity contribution in [3.8, 4) is 5.75 Å². The van der Waals surface area contributed by atoms with Gasteiger partial charge in [-0.1, -0.05) is 13.3 Å². The third kappa shape index (κ3) is 3.12. The van der Waals surface area contributed by atoms with Crippen molar-refractivity contribution in [2.75, 3.05) is 17.1 Å². The molecular weight excluding hydrogens is 238 g/mol. The Kier molecular flexibility index (Phi) is 3.57. The fourth-order valence-corrected chi connectivity index (χ4v) is 3.07. The minimum absolute atomic E-state index is 0.178. The van der Waals surface area contributed by atoms with Crippen LogP contribution in [-0.4, -0.2) is 20.8 Å². The van der Waals surface area contributed by atoms with Crippen LogP contribution in [0.25, 0.3) is 0 Å². The summed E-state index contributed by atoms with van der Waals surface area (Å²) in [5.74, 6) is 1.04. The van der Waals surface area contributed by atoms with E-state index in [9.17, 15) is 8.42 Å². The summed E-state index contributed by atoms with van der Waals surface area (Å²) in [6, 6.07) is 5.42. The van der Waals surface area contributed by atoms with Crippen molar-refractivity contribution in [1.29, 1.82) is 0 Å². The number of nitrogens with one attached hydrogen (secondary N) is 1. The molecule has 0 unspecified atom stereocenters. The number of ether oxygens (including phenoxy) is 1. The molecule has 0 spiro atoms. The van der Waals surface area contributed by atoms with Crippen LogP contribution in [-0.2, 0) is 16.4 Å². The van der Waals surface area contributed by atoms with Crippen LogP contribution in [0, 0.1) is 0 Å². The van der Waals surface area contributed by atoms with Crippen LogP contribution in [0.5, 0.6) is 5.75 Å². The van der Waals surface area contributed by atoms with Gasteiger partial charge in [-0.2, -0.15) is 0 Å². The van der Waals surface area contributed by atoms with E-state index in [4.69, 9.17) is 4.74 Å². The molecular formula is C12H17NO3S. The van der Waals surface area contributed by atoms with Gasteiger partial charge in [-0.25, -0.2) is 8.42 Å². The predicted molar refractivity (Wildman–Crippen MR) is 68.0 cm³/mol. The molecule has 0 atom stereocenters. The lowest BCUT2D eigenvalue weighted by molar-refractivity contribution is 0.357. The third-order valence-corrected chi connectivity index (χ3v) is 4.10. The largest absolute Gasteiger partial charge is 0.493 e. The summed E-state index contributed by atoms with van der Waals surface area (Å²) in [6.07, 6.45) is 2.40. The quantitative estimate of drug-likeness (QED) is 0.877. The molecule has 1 aliphatic heterocycles. The summed E-state index contributed by atoms with van der Waals surface area (Å²) >= 11 is 0. The number of fused-ring (bicyclic) bond motifs is 1. The number of benzene rings is 1. The molecule has 0 aromatic heterocycles. The van der Waals surface area contributed by atoms with Crippen molar-refractivity contribution < 1.29 is 13.2 Å². The van der Waals surface area contributed by atoms with Crippen LogP contribution in [0.2, 0.25) is 0 Å². The first-order valence-electron chi connectivity index (χ1n) is 5.87. The zero-order valence-electron chi connectivity index (χ0n) is 9.90. The Morgan fingerprint density at radius 2 is 2.24 bits per heavy atom. The molecule has 1 aromatic carbocycles. The molecule has 0 amide bonds. The van der Waals surface area contributed by atoms with Gasteiger partial charge < -0.3 is 4.74 Å². The Bertz CT molecular complexity index is 496. The van der Waals surface area contributed by atoms with Gasteiger partial charge in [-0.15, -0.1) is 0 Å². The molecule has 2 rings (SSSR count). The van der Waals surface area contributed by atoms with Gasteiger partial charge in [0.05, 0.1) is 12.4 Å². The van der Waals surface area contributed by atoms with Gasteiger partial charge in [-0.05, 0) is 30.2 Å². The van der Waals surface area contributed by atoms with Gasteiger partial charge in [0.1, 0.15) is 5.75 Å².